The van der Waals surface area contributed by atoms with Crippen molar-refractivity contribution in [2.75, 3.05) is 14.2 Å². The van der Waals surface area contributed by atoms with Crippen LogP contribution >= 0.6 is 0 Å². The zero-order valence-electron chi connectivity index (χ0n) is 18.3. The van der Waals surface area contributed by atoms with Crippen LogP contribution in [-0.2, 0) is 17.8 Å². The molecule has 0 fully saturated rings. The lowest BCUT2D eigenvalue weighted by Gasteiger charge is -2.16. The molecule has 1 heterocycles. The lowest BCUT2D eigenvalue weighted by molar-refractivity contribution is -0.136. The maximum atomic E-state index is 11.6. The number of aromatic nitrogens is 1. The summed E-state index contributed by atoms with van der Waals surface area (Å²) >= 11 is 0. The predicted molar refractivity (Wildman–Crippen MR) is 124 cm³/mol. The molecule has 6 nitrogen and oxygen atoms in total. The van der Waals surface area contributed by atoms with Gasteiger partial charge >= 0.3 is 5.97 Å². The van der Waals surface area contributed by atoms with Gasteiger partial charge in [0.2, 0.25) is 5.75 Å². The third-order valence-electron chi connectivity index (χ3n) is 5.45. The van der Waals surface area contributed by atoms with Gasteiger partial charge in [0.1, 0.15) is 6.61 Å². The Balaban J connectivity index is 1.81. The van der Waals surface area contributed by atoms with Crippen molar-refractivity contribution in [2.45, 2.75) is 20.0 Å². The van der Waals surface area contributed by atoms with E-state index in [1.807, 2.05) is 67.6 Å². The molecule has 0 saturated heterocycles. The lowest BCUT2D eigenvalue weighted by Crippen LogP contribution is -2.02. The molecular formula is C26H25NO5. The number of nitrogens with one attached hydrogen (secondary N) is 1. The van der Waals surface area contributed by atoms with Crippen molar-refractivity contribution < 1.29 is 24.1 Å². The zero-order chi connectivity index (χ0) is 22.7. The molecule has 0 bridgehead atoms. The molecule has 4 aromatic rings. The fraction of sp³-hybridized carbons (Fsp3) is 0.192. The Morgan fingerprint density at radius 2 is 1.66 bits per heavy atom. The van der Waals surface area contributed by atoms with E-state index in [4.69, 9.17) is 14.2 Å². The van der Waals surface area contributed by atoms with Crippen LogP contribution in [0.5, 0.6) is 17.2 Å². The maximum absolute atomic E-state index is 11.6. The minimum absolute atomic E-state index is 0.102. The van der Waals surface area contributed by atoms with Crippen molar-refractivity contribution in [1.82, 2.24) is 4.98 Å². The van der Waals surface area contributed by atoms with Crippen LogP contribution in [0.15, 0.2) is 60.7 Å². The van der Waals surface area contributed by atoms with E-state index in [-0.39, 0.29) is 6.42 Å². The fourth-order valence-electron chi connectivity index (χ4n) is 3.90. The van der Waals surface area contributed by atoms with Crippen molar-refractivity contribution >= 4 is 16.9 Å². The number of aromatic amines is 1. The smallest absolute Gasteiger partial charge is 0.307 e. The molecule has 0 atom stereocenters. The zero-order valence-corrected chi connectivity index (χ0v) is 18.3. The van der Waals surface area contributed by atoms with Crippen LogP contribution in [0.1, 0.15) is 16.7 Å². The Morgan fingerprint density at radius 3 is 2.28 bits per heavy atom. The first-order chi connectivity index (χ1) is 15.5. The Morgan fingerprint density at radius 1 is 0.969 bits per heavy atom. The van der Waals surface area contributed by atoms with Crippen LogP contribution in [-0.4, -0.2) is 30.3 Å². The summed E-state index contributed by atoms with van der Waals surface area (Å²) in [4.78, 5) is 15.0. The van der Waals surface area contributed by atoms with Gasteiger partial charge in [0.15, 0.2) is 11.5 Å². The molecule has 0 aliphatic heterocycles. The summed E-state index contributed by atoms with van der Waals surface area (Å²) in [5, 5.41) is 10.4. The number of benzene rings is 3. The van der Waals surface area contributed by atoms with Crippen LogP contribution < -0.4 is 14.2 Å². The third-order valence-corrected chi connectivity index (χ3v) is 5.45. The number of carbonyl (C=O) groups is 1. The SMILES string of the molecule is COc1cc(-c2[nH]c3c(C)cccc3c2CC(=O)O)cc(OC)c1OCc1ccccc1. The number of hydrogen-bond acceptors (Lipinski definition) is 4. The van der Waals surface area contributed by atoms with Crippen LogP contribution in [0.4, 0.5) is 0 Å². The Bertz CT molecular complexity index is 1240. The molecule has 0 aliphatic carbocycles. The van der Waals surface area contributed by atoms with Gasteiger partial charge in [-0.05, 0) is 35.7 Å². The summed E-state index contributed by atoms with van der Waals surface area (Å²) in [7, 11) is 3.14. The van der Waals surface area contributed by atoms with E-state index >= 15 is 0 Å². The van der Waals surface area contributed by atoms with Crippen LogP contribution in [0.25, 0.3) is 22.2 Å². The standard InChI is InChI=1S/C26H25NO5/c1-16-8-7-11-19-20(14-23(28)29)25(27-24(16)19)18-12-21(30-2)26(22(13-18)31-3)32-15-17-9-5-4-6-10-17/h4-13,27H,14-15H2,1-3H3,(H,28,29). The van der Waals surface area contributed by atoms with Crippen LogP contribution in [0.2, 0.25) is 0 Å². The number of rotatable bonds is 8. The monoisotopic (exact) mass is 431 g/mol. The summed E-state index contributed by atoms with van der Waals surface area (Å²) in [5.74, 6) is 0.615. The first-order valence-corrected chi connectivity index (χ1v) is 10.3. The average Bonchev–Trinajstić information content (AvgIpc) is 3.17. The number of aryl methyl sites for hydroxylation is 1. The summed E-state index contributed by atoms with van der Waals surface area (Å²) in [6, 6.07) is 19.4. The van der Waals surface area contributed by atoms with Gasteiger partial charge in [0.25, 0.3) is 0 Å². The highest BCUT2D eigenvalue weighted by Gasteiger charge is 2.21. The number of methoxy groups -OCH3 is 2. The lowest BCUT2D eigenvalue weighted by atomic mass is 10.0. The Kier molecular flexibility index (Phi) is 6.03. The second kappa shape index (κ2) is 9.06. The molecule has 0 radical (unpaired) electrons. The summed E-state index contributed by atoms with van der Waals surface area (Å²) in [6.45, 7) is 2.36. The molecule has 0 unspecified atom stereocenters. The molecule has 0 spiro atoms. The number of ether oxygens (including phenoxy) is 3. The second-order valence-electron chi connectivity index (χ2n) is 7.53. The number of H-pyrrole nitrogens is 1. The van der Waals surface area contributed by atoms with Gasteiger partial charge in [-0.1, -0.05) is 48.5 Å². The molecule has 1 aromatic heterocycles. The van der Waals surface area contributed by atoms with Crippen molar-refractivity contribution in [2.24, 2.45) is 0 Å². The van der Waals surface area contributed by atoms with E-state index in [0.29, 0.717) is 23.9 Å². The van der Waals surface area contributed by atoms with Gasteiger partial charge in [0.05, 0.1) is 26.3 Å². The Hall–Kier alpha value is -3.93. The molecule has 0 saturated carbocycles. The number of carboxylic acids is 1. The van der Waals surface area contributed by atoms with Gasteiger partial charge in [-0.3, -0.25) is 4.79 Å². The number of carboxylic acid groups (broad SMARTS) is 1. The van der Waals surface area contributed by atoms with E-state index in [9.17, 15) is 9.90 Å². The van der Waals surface area contributed by atoms with Crippen LogP contribution in [0.3, 0.4) is 0 Å². The van der Waals surface area contributed by atoms with Crippen molar-refractivity contribution in [3.8, 4) is 28.5 Å². The van der Waals surface area contributed by atoms with Gasteiger partial charge in [-0.15, -0.1) is 0 Å². The second-order valence-corrected chi connectivity index (χ2v) is 7.53. The summed E-state index contributed by atoms with van der Waals surface area (Å²) in [5.41, 5.74) is 5.19. The van der Waals surface area contributed by atoms with Crippen molar-refractivity contribution in [3.63, 3.8) is 0 Å². The van der Waals surface area contributed by atoms with Gasteiger partial charge < -0.3 is 24.3 Å². The Labute approximate surface area is 186 Å². The number of aliphatic carboxylic acids is 1. The average molecular weight is 431 g/mol. The molecule has 32 heavy (non-hydrogen) atoms. The summed E-state index contributed by atoms with van der Waals surface area (Å²) < 4.78 is 17.3. The third kappa shape index (κ3) is 4.12. The minimum Gasteiger partial charge on any atom is -0.493 e. The van der Waals surface area contributed by atoms with E-state index in [1.54, 1.807) is 14.2 Å². The van der Waals surface area contributed by atoms with Crippen LogP contribution in [0, 0.1) is 6.92 Å². The first kappa shape index (κ1) is 21.3. The van der Waals surface area contributed by atoms with Gasteiger partial charge in [-0.2, -0.15) is 0 Å². The van der Waals surface area contributed by atoms with E-state index < -0.39 is 5.97 Å². The number of fused-ring (bicyclic) bond motifs is 1. The number of para-hydroxylation sites is 1. The fourth-order valence-corrected chi connectivity index (χ4v) is 3.90. The molecule has 0 amide bonds. The molecule has 164 valence electrons. The van der Waals surface area contributed by atoms with Gasteiger partial charge in [-0.25, -0.2) is 0 Å². The van der Waals surface area contributed by atoms with E-state index in [0.717, 1.165) is 38.9 Å². The topological polar surface area (TPSA) is 80.8 Å². The molecule has 2 N–H and O–H groups in total. The minimum atomic E-state index is -0.893. The molecular weight excluding hydrogens is 406 g/mol. The highest BCUT2D eigenvalue weighted by molar-refractivity contribution is 5.95. The highest BCUT2D eigenvalue weighted by Crippen LogP contribution is 2.43. The van der Waals surface area contributed by atoms with Crippen molar-refractivity contribution in [1.29, 1.82) is 0 Å². The highest BCUT2D eigenvalue weighted by atomic mass is 16.5. The normalized spacial score (nSPS) is 10.8. The quantitative estimate of drug-likeness (QED) is 0.392. The van der Waals surface area contributed by atoms with Crippen molar-refractivity contribution in [3.05, 3.63) is 77.4 Å². The van der Waals surface area contributed by atoms with E-state index in [1.165, 1.54) is 0 Å². The van der Waals surface area contributed by atoms with E-state index in [2.05, 4.69) is 4.98 Å². The predicted octanol–water partition coefficient (Wildman–Crippen LogP) is 5.37. The first-order valence-electron chi connectivity index (χ1n) is 10.3. The number of hydrogen-bond donors (Lipinski definition) is 2. The van der Waals surface area contributed by atoms with Gasteiger partial charge in [0, 0.05) is 16.5 Å². The molecule has 6 heteroatoms. The molecule has 4 rings (SSSR count). The summed E-state index contributed by atoms with van der Waals surface area (Å²) in [6.07, 6.45) is -0.102. The molecule has 0 aliphatic rings. The molecule has 3 aromatic carbocycles. The largest absolute Gasteiger partial charge is 0.493 e. The maximum Gasteiger partial charge on any atom is 0.307 e.